The van der Waals surface area contributed by atoms with Gasteiger partial charge in [0.25, 0.3) is 0 Å². The minimum atomic E-state index is -0.617. The fourth-order valence-electron chi connectivity index (χ4n) is 4.40. The van der Waals surface area contributed by atoms with E-state index >= 15 is 0 Å². The number of hydrogen-bond donors (Lipinski definition) is 3. The van der Waals surface area contributed by atoms with Gasteiger partial charge in [-0.3, -0.25) is 9.59 Å². The summed E-state index contributed by atoms with van der Waals surface area (Å²) in [4.78, 5) is 32.1. The molecule has 1 atom stereocenters. The number of hydrogen-bond acceptors (Lipinski definition) is 3. The minimum absolute atomic E-state index is 0.0330. The molecule has 6 heteroatoms. The van der Waals surface area contributed by atoms with Gasteiger partial charge in [0, 0.05) is 41.9 Å². The van der Waals surface area contributed by atoms with Crippen molar-refractivity contribution in [2.45, 2.75) is 38.1 Å². The summed E-state index contributed by atoms with van der Waals surface area (Å²) in [6.07, 6.45) is 3.84. The number of fused-ring (bicyclic) bond motifs is 1. The first-order valence-corrected chi connectivity index (χ1v) is 9.82. The quantitative estimate of drug-likeness (QED) is 0.651. The van der Waals surface area contributed by atoms with Gasteiger partial charge < -0.3 is 20.6 Å². The Kier molecular flexibility index (Phi) is 5.05. The average molecular weight is 378 g/mol. The van der Waals surface area contributed by atoms with Crippen molar-refractivity contribution >= 4 is 16.8 Å². The molecule has 4 N–H and O–H groups in total. The standard InChI is InChI=1S/C22H26N4O2/c1-14-21(17-4-2-3-5-19(17)25-14)16-7-10-26(11-8-16)22(28)18(23)12-15-6-9-24-20(27)13-15/h2-6,9,13,16,18,25H,7-8,10-12,23H2,1H3,(H,24,27). The first-order chi connectivity index (χ1) is 13.5. The number of piperidine rings is 1. The van der Waals surface area contributed by atoms with E-state index in [-0.39, 0.29) is 11.5 Å². The molecule has 1 unspecified atom stereocenters. The number of para-hydroxylation sites is 1. The highest BCUT2D eigenvalue weighted by Gasteiger charge is 2.29. The number of aromatic nitrogens is 2. The summed E-state index contributed by atoms with van der Waals surface area (Å²) in [6.45, 7) is 3.56. The third-order valence-electron chi connectivity index (χ3n) is 5.77. The molecule has 0 radical (unpaired) electrons. The molecule has 28 heavy (non-hydrogen) atoms. The minimum Gasteiger partial charge on any atom is -0.358 e. The monoisotopic (exact) mass is 378 g/mol. The van der Waals surface area contributed by atoms with Gasteiger partial charge in [-0.2, -0.15) is 0 Å². The summed E-state index contributed by atoms with van der Waals surface area (Å²) < 4.78 is 0. The molecule has 146 valence electrons. The van der Waals surface area contributed by atoms with Crippen LogP contribution in [0, 0.1) is 6.92 Å². The van der Waals surface area contributed by atoms with Crippen molar-refractivity contribution in [3.63, 3.8) is 0 Å². The number of carbonyl (C=O) groups excluding carboxylic acids is 1. The molecule has 0 bridgehead atoms. The van der Waals surface area contributed by atoms with E-state index in [9.17, 15) is 9.59 Å². The Labute approximate surface area is 163 Å². The van der Waals surface area contributed by atoms with E-state index in [1.165, 1.54) is 28.2 Å². The maximum Gasteiger partial charge on any atom is 0.248 e. The fraction of sp³-hybridized carbons (Fsp3) is 0.364. The van der Waals surface area contributed by atoms with Gasteiger partial charge in [0.05, 0.1) is 6.04 Å². The van der Waals surface area contributed by atoms with Crippen LogP contribution in [0.5, 0.6) is 0 Å². The van der Waals surface area contributed by atoms with Gasteiger partial charge >= 0.3 is 0 Å². The molecule has 2 aromatic heterocycles. The van der Waals surface area contributed by atoms with Crippen LogP contribution in [-0.2, 0) is 11.2 Å². The molecule has 1 saturated heterocycles. The van der Waals surface area contributed by atoms with Crippen molar-refractivity contribution in [3.8, 4) is 0 Å². The van der Waals surface area contributed by atoms with Gasteiger partial charge in [-0.15, -0.1) is 0 Å². The van der Waals surface area contributed by atoms with Crippen molar-refractivity contribution < 1.29 is 4.79 Å². The maximum absolute atomic E-state index is 12.8. The topological polar surface area (TPSA) is 95.0 Å². The number of H-pyrrole nitrogens is 2. The van der Waals surface area contributed by atoms with Crippen LogP contribution < -0.4 is 11.3 Å². The number of nitrogens with one attached hydrogen (secondary N) is 2. The molecule has 3 heterocycles. The van der Waals surface area contributed by atoms with E-state index in [1.54, 1.807) is 12.3 Å². The van der Waals surface area contributed by atoms with Crippen LogP contribution in [0.4, 0.5) is 0 Å². The molecule has 1 fully saturated rings. The van der Waals surface area contributed by atoms with Crippen LogP contribution >= 0.6 is 0 Å². The number of carbonyl (C=O) groups is 1. The zero-order valence-electron chi connectivity index (χ0n) is 16.1. The number of rotatable bonds is 4. The molecule has 1 aliphatic heterocycles. The lowest BCUT2D eigenvalue weighted by atomic mass is 9.87. The zero-order chi connectivity index (χ0) is 19.7. The summed E-state index contributed by atoms with van der Waals surface area (Å²) in [5.41, 5.74) is 10.5. The number of aromatic amines is 2. The van der Waals surface area contributed by atoms with E-state index in [4.69, 9.17) is 5.73 Å². The molecular formula is C22H26N4O2. The van der Waals surface area contributed by atoms with Gasteiger partial charge in [0.15, 0.2) is 0 Å². The highest BCUT2D eigenvalue weighted by molar-refractivity contribution is 5.85. The second kappa shape index (κ2) is 7.64. The van der Waals surface area contributed by atoms with Crippen LogP contribution in [0.1, 0.15) is 35.6 Å². The molecule has 3 aromatic rings. The fourth-order valence-corrected chi connectivity index (χ4v) is 4.40. The van der Waals surface area contributed by atoms with Crippen LogP contribution in [0.15, 0.2) is 47.4 Å². The molecule has 0 spiro atoms. The predicted octanol–water partition coefficient (Wildman–Crippen LogP) is 2.44. The normalized spacial score (nSPS) is 16.4. The van der Waals surface area contributed by atoms with Crippen molar-refractivity contribution in [2.24, 2.45) is 5.73 Å². The molecule has 1 aliphatic rings. The van der Waals surface area contributed by atoms with Gasteiger partial charge in [-0.25, -0.2) is 0 Å². The Hall–Kier alpha value is -2.86. The Morgan fingerprint density at radius 2 is 2.00 bits per heavy atom. The molecule has 0 aliphatic carbocycles. The van der Waals surface area contributed by atoms with Crippen molar-refractivity contribution in [1.82, 2.24) is 14.9 Å². The Balaban J connectivity index is 1.41. The summed E-state index contributed by atoms with van der Waals surface area (Å²) in [5, 5.41) is 1.29. The van der Waals surface area contributed by atoms with Gasteiger partial charge in [-0.1, -0.05) is 18.2 Å². The van der Waals surface area contributed by atoms with Crippen molar-refractivity contribution in [3.05, 3.63) is 69.8 Å². The lowest BCUT2D eigenvalue weighted by molar-refractivity contribution is -0.133. The highest BCUT2D eigenvalue weighted by Crippen LogP contribution is 2.35. The van der Waals surface area contributed by atoms with Crippen LogP contribution in [-0.4, -0.2) is 39.9 Å². The first-order valence-electron chi connectivity index (χ1n) is 9.82. The van der Waals surface area contributed by atoms with Crippen LogP contribution in [0.2, 0.25) is 0 Å². The van der Waals surface area contributed by atoms with Crippen LogP contribution in [0.3, 0.4) is 0 Å². The van der Waals surface area contributed by atoms with E-state index in [2.05, 4.69) is 35.1 Å². The summed E-state index contributed by atoms with van der Waals surface area (Å²) in [7, 11) is 0. The molecule has 1 amide bonds. The Morgan fingerprint density at radius 1 is 1.25 bits per heavy atom. The number of likely N-dealkylation sites (tertiary alicyclic amines) is 1. The van der Waals surface area contributed by atoms with E-state index in [0.29, 0.717) is 25.4 Å². The second-order valence-corrected chi connectivity index (χ2v) is 7.68. The van der Waals surface area contributed by atoms with E-state index < -0.39 is 6.04 Å². The zero-order valence-corrected chi connectivity index (χ0v) is 16.1. The molecule has 4 rings (SSSR count). The first kappa shape index (κ1) is 18.5. The molecule has 1 aromatic carbocycles. The van der Waals surface area contributed by atoms with Gasteiger partial charge in [-0.05, 0) is 55.4 Å². The Morgan fingerprint density at radius 3 is 2.75 bits per heavy atom. The number of benzene rings is 1. The van der Waals surface area contributed by atoms with Crippen molar-refractivity contribution in [2.75, 3.05) is 13.1 Å². The van der Waals surface area contributed by atoms with Gasteiger partial charge in [0.2, 0.25) is 11.5 Å². The van der Waals surface area contributed by atoms with E-state index in [1.807, 2.05) is 11.0 Å². The van der Waals surface area contributed by atoms with Gasteiger partial charge in [0.1, 0.15) is 0 Å². The molecule has 6 nitrogen and oxygen atoms in total. The smallest absolute Gasteiger partial charge is 0.248 e. The number of amides is 1. The maximum atomic E-state index is 12.8. The third-order valence-corrected chi connectivity index (χ3v) is 5.77. The number of nitrogens with two attached hydrogens (primary N) is 1. The van der Waals surface area contributed by atoms with E-state index in [0.717, 1.165) is 18.4 Å². The predicted molar refractivity (Wildman–Crippen MR) is 110 cm³/mol. The number of pyridine rings is 1. The largest absolute Gasteiger partial charge is 0.358 e. The number of nitrogens with zero attached hydrogens (tertiary/aromatic N) is 1. The Bertz CT molecular complexity index is 1040. The van der Waals surface area contributed by atoms with Crippen LogP contribution in [0.25, 0.3) is 10.9 Å². The SMILES string of the molecule is Cc1[nH]c2ccccc2c1C1CCN(C(=O)C(N)Cc2cc[nH]c(=O)c2)CC1. The summed E-state index contributed by atoms with van der Waals surface area (Å²) >= 11 is 0. The lowest BCUT2D eigenvalue weighted by Crippen LogP contribution is -2.47. The van der Waals surface area contributed by atoms with Crippen molar-refractivity contribution in [1.29, 1.82) is 0 Å². The average Bonchev–Trinajstić information content (AvgIpc) is 3.03. The molecule has 0 saturated carbocycles. The highest BCUT2D eigenvalue weighted by atomic mass is 16.2. The summed E-state index contributed by atoms with van der Waals surface area (Å²) in [5.74, 6) is 0.415. The lowest BCUT2D eigenvalue weighted by Gasteiger charge is -2.34. The second-order valence-electron chi connectivity index (χ2n) is 7.68. The third kappa shape index (κ3) is 3.60. The number of aryl methyl sites for hydroxylation is 1. The molecular weight excluding hydrogens is 352 g/mol. The summed E-state index contributed by atoms with van der Waals surface area (Å²) in [6, 6.07) is 11.1.